The molecule has 0 fully saturated rings. The molecule has 0 aromatic carbocycles. The van der Waals surface area contributed by atoms with Gasteiger partial charge in [0.1, 0.15) is 0 Å². The Kier molecular flexibility index (Phi) is 1.12. The van der Waals surface area contributed by atoms with Crippen LogP contribution in [0, 0.1) is 6.85 Å². The van der Waals surface area contributed by atoms with E-state index in [0.29, 0.717) is 0 Å². The molecule has 1 aromatic rings. The molecule has 0 radical (unpaired) electrons. The van der Waals surface area contributed by atoms with Crippen molar-refractivity contribution >= 4 is 12.6 Å². The lowest BCUT2D eigenvalue weighted by Crippen LogP contribution is -2.30. The Labute approximate surface area is 79.4 Å². The van der Waals surface area contributed by atoms with Crippen LogP contribution in [0.4, 0.5) is 0 Å². The van der Waals surface area contributed by atoms with Gasteiger partial charge in [-0.1, -0.05) is 6.07 Å². The first-order chi connectivity index (χ1) is 8.00. The van der Waals surface area contributed by atoms with E-state index in [0.717, 1.165) is 12.3 Å². The molecule has 0 unspecified atom stereocenters. The largest absolute Gasteiger partial charge is 0.490 e. The van der Waals surface area contributed by atoms with Crippen LogP contribution >= 0.6 is 0 Å². The van der Waals surface area contributed by atoms with Crippen LogP contribution in [0.15, 0.2) is 12.3 Å². The van der Waals surface area contributed by atoms with Gasteiger partial charge < -0.3 is 14.8 Å². The highest BCUT2D eigenvalue weighted by Gasteiger charge is 2.12. The molecular weight excluding hydrogens is 157 g/mol. The lowest BCUT2D eigenvalue weighted by molar-refractivity contribution is 0.394. The number of pyridine rings is 1. The standard InChI is InChI=1S/C7H10BNO3/c1-5-3-6(8(10)11)4-9-7(5)12-2/h3-4,10-11H,1-2H3/i1D3,2D3. The summed E-state index contributed by atoms with van der Waals surface area (Å²) >= 11 is 0. The average Bonchev–Trinajstić information content (AvgIpc) is 2.13. The van der Waals surface area contributed by atoms with Crippen molar-refractivity contribution in [2.75, 3.05) is 7.04 Å². The Morgan fingerprint density at radius 3 is 3.08 bits per heavy atom. The molecule has 0 spiro atoms. The van der Waals surface area contributed by atoms with Gasteiger partial charge in [-0.05, 0) is 6.85 Å². The minimum atomic E-state index is -2.84. The SMILES string of the molecule is [2H]C([2H])([2H])Oc1ncc(B(O)O)cc1C([2H])([2H])[2H]. The number of nitrogens with zero attached hydrogens (tertiary/aromatic N) is 1. The summed E-state index contributed by atoms with van der Waals surface area (Å²) < 4.78 is 46.8. The Bertz CT molecular complexity index is 432. The molecule has 5 heteroatoms. The molecule has 0 amide bonds. The fraction of sp³-hybridized carbons (Fsp3) is 0.286. The second-order valence-electron chi connectivity index (χ2n) is 2.10. The van der Waals surface area contributed by atoms with E-state index in [4.69, 9.17) is 18.3 Å². The highest BCUT2D eigenvalue weighted by atomic mass is 16.5. The topological polar surface area (TPSA) is 62.6 Å². The Morgan fingerprint density at radius 2 is 2.50 bits per heavy atom. The number of aryl methyl sites for hydroxylation is 1. The first kappa shape index (κ1) is 3.76. The summed E-state index contributed by atoms with van der Waals surface area (Å²) in [5, 5.41) is 17.8. The highest BCUT2D eigenvalue weighted by molar-refractivity contribution is 6.58. The van der Waals surface area contributed by atoms with Gasteiger partial charge in [-0.2, -0.15) is 0 Å². The molecular formula is C7H10BNO3. The number of hydrogen-bond donors (Lipinski definition) is 2. The van der Waals surface area contributed by atoms with E-state index in [2.05, 4.69) is 9.72 Å². The molecule has 0 aliphatic heterocycles. The van der Waals surface area contributed by atoms with Gasteiger partial charge >= 0.3 is 7.12 Å². The van der Waals surface area contributed by atoms with Crippen molar-refractivity contribution in [2.24, 2.45) is 0 Å². The lowest BCUT2D eigenvalue weighted by atomic mass is 9.81. The molecule has 12 heavy (non-hydrogen) atoms. The number of ether oxygens (including phenoxy) is 1. The summed E-state index contributed by atoms with van der Waals surface area (Å²) in [6.07, 6.45) is 0.932. The molecule has 0 atom stereocenters. The van der Waals surface area contributed by atoms with Crippen LogP contribution < -0.4 is 10.2 Å². The fourth-order valence-electron chi connectivity index (χ4n) is 0.691. The lowest BCUT2D eigenvalue weighted by Gasteiger charge is -2.04. The zero-order valence-electron chi connectivity index (χ0n) is 12.0. The molecule has 4 nitrogen and oxygen atoms in total. The smallest absolute Gasteiger partial charge is 0.481 e. The van der Waals surface area contributed by atoms with Gasteiger partial charge in [0.25, 0.3) is 0 Å². The maximum atomic E-state index is 8.92. The van der Waals surface area contributed by atoms with Gasteiger partial charge in [0.2, 0.25) is 5.88 Å². The van der Waals surface area contributed by atoms with E-state index < -0.39 is 32.5 Å². The van der Waals surface area contributed by atoms with Crippen LogP contribution in [0.5, 0.6) is 5.88 Å². The maximum Gasteiger partial charge on any atom is 0.490 e. The summed E-state index contributed by atoms with van der Waals surface area (Å²) in [4.78, 5) is 3.49. The Balaban J connectivity index is 3.26. The van der Waals surface area contributed by atoms with Gasteiger partial charge in [0, 0.05) is 21.3 Å². The van der Waals surface area contributed by atoms with Crippen LogP contribution in [0.1, 0.15) is 13.8 Å². The predicted molar refractivity (Wildman–Crippen MR) is 45.4 cm³/mol. The second-order valence-corrected chi connectivity index (χ2v) is 2.10. The fourth-order valence-corrected chi connectivity index (χ4v) is 0.691. The first-order valence-electron chi connectivity index (χ1n) is 6.06. The minimum Gasteiger partial charge on any atom is -0.481 e. The van der Waals surface area contributed by atoms with E-state index in [1.165, 1.54) is 0 Å². The Hall–Kier alpha value is -1.07. The number of methoxy groups -OCH3 is 1. The normalized spacial score (nSPS) is 19.2. The number of hydrogen-bond acceptors (Lipinski definition) is 4. The van der Waals surface area contributed by atoms with Crippen LogP contribution in [0.2, 0.25) is 0 Å². The summed E-state index contributed by atoms with van der Waals surface area (Å²) in [5.74, 6) is -0.584. The van der Waals surface area contributed by atoms with E-state index in [1.807, 2.05) is 0 Å². The van der Waals surface area contributed by atoms with Gasteiger partial charge in [0.15, 0.2) is 0 Å². The molecule has 1 aromatic heterocycles. The van der Waals surface area contributed by atoms with Crippen molar-refractivity contribution in [3.8, 4) is 5.88 Å². The van der Waals surface area contributed by atoms with E-state index in [-0.39, 0.29) is 5.46 Å². The van der Waals surface area contributed by atoms with Crippen molar-refractivity contribution in [1.82, 2.24) is 4.98 Å². The van der Waals surface area contributed by atoms with Crippen molar-refractivity contribution in [3.63, 3.8) is 0 Å². The molecule has 1 heterocycles. The quantitative estimate of drug-likeness (QED) is 0.567. The van der Waals surface area contributed by atoms with Crippen molar-refractivity contribution in [2.45, 2.75) is 6.85 Å². The highest BCUT2D eigenvalue weighted by Crippen LogP contribution is 2.09. The number of aromatic nitrogens is 1. The summed E-state index contributed by atoms with van der Waals surface area (Å²) in [6.45, 7) is -2.68. The Morgan fingerprint density at radius 1 is 1.67 bits per heavy atom. The summed E-state index contributed by atoms with van der Waals surface area (Å²) in [6, 6.07) is 0.922. The zero-order chi connectivity index (χ0) is 14.1. The third-order valence-corrected chi connectivity index (χ3v) is 1.27. The molecule has 0 saturated heterocycles. The molecule has 0 saturated carbocycles. The van der Waals surface area contributed by atoms with E-state index >= 15 is 0 Å². The van der Waals surface area contributed by atoms with Crippen molar-refractivity contribution < 1.29 is 23.0 Å². The maximum absolute atomic E-state index is 8.92. The molecule has 1 rings (SSSR count). The van der Waals surface area contributed by atoms with Crippen molar-refractivity contribution in [3.05, 3.63) is 17.8 Å². The second kappa shape index (κ2) is 3.56. The third kappa shape index (κ3) is 1.75. The molecule has 0 bridgehead atoms. The van der Waals surface area contributed by atoms with Gasteiger partial charge in [-0.3, -0.25) is 0 Å². The van der Waals surface area contributed by atoms with E-state index in [9.17, 15) is 0 Å². The monoisotopic (exact) mass is 173 g/mol. The van der Waals surface area contributed by atoms with Crippen LogP contribution in [0.25, 0.3) is 0 Å². The molecule has 2 N–H and O–H groups in total. The van der Waals surface area contributed by atoms with Crippen molar-refractivity contribution in [1.29, 1.82) is 0 Å². The summed E-state index contributed by atoms with van der Waals surface area (Å²) in [7, 11) is -4.74. The minimum absolute atomic E-state index is 0.168. The third-order valence-electron chi connectivity index (χ3n) is 1.27. The zero-order valence-corrected chi connectivity index (χ0v) is 5.98. The molecule has 0 aliphatic carbocycles. The van der Waals surface area contributed by atoms with Crippen LogP contribution in [-0.4, -0.2) is 29.2 Å². The average molecular weight is 173 g/mol. The van der Waals surface area contributed by atoms with E-state index in [1.54, 1.807) is 0 Å². The van der Waals surface area contributed by atoms with Gasteiger partial charge in [-0.15, -0.1) is 0 Å². The van der Waals surface area contributed by atoms with Crippen LogP contribution in [0.3, 0.4) is 0 Å². The molecule has 64 valence electrons. The summed E-state index contributed by atoms with van der Waals surface area (Å²) in [5.41, 5.74) is -0.664. The van der Waals surface area contributed by atoms with Gasteiger partial charge in [0.05, 0.1) is 11.2 Å². The van der Waals surface area contributed by atoms with Gasteiger partial charge in [-0.25, -0.2) is 4.98 Å². The predicted octanol–water partition coefficient (Wildman–Crippen LogP) is -0.922. The number of rotatable bonds is 2. The molecule has 0 aliphatic rings. The van der Waals surface area contributed by atoms with Crippen LogP contribution in [-0.2, 0) is 0 Å². The first-order valence-corrected chi connectivity index (χ1v) is 3.06.